The molecule has 1 heterocycles. The molecule has 0 radical (unpaired) electrons. The van der Waals surface area contributed by atoms with Crippen LogP contribution in [0.1, 0.15) is 72.4 Å². The second-order valence-corrected chi connectivity index (χ2v) is 10.5. The molecule has 1 fully saturated rings. The van der Waals surface area contributed by atoms with Crippen LogP contribution >= 0.6 is 0 Å². The Morgan fingerprint density at radius 3 is 2.00 bits per heavy atom. The summed E-state index contributed by atoms with van der Waals surface area (Å²) < 4.78 is 22.3. The molecule has 0 spiro atoms. The quantitative estimate of drug-likeness (QED) is 0.344. The zero-order valence-electron chi connectivity index (χ0n) is 21.0. The first kappa shape index (κ1) is 25.9. The topological polar surface area (TPSA) is 71.1 Å². The number of hydrogen-bond donors (Lipinski definition) is 0. The molecule has 0 aromatic heterocycles. The highest BCUT2D eigenvalue weighted by Gasteiger charge is 2.38. The molecule has 6 nitrogen and oxygen atoms in total. The van der Waals surface area contributed by atoms with E-state index < -0.39 is 18.0 Å². The van der Waals surface area contributed by atoms with Crippen molar-refractivity contribution in [3.8, 4) is 11.5 Å². The van der Waals surface area contributed by atoms with Crippen molar-refractivity contribution in [2.75, 3.05) is 14.2 Å². The molecular weight excluding hydrogens is 408 g/mol. The summed E-state index contributed by atoms with van der Waals surface area (Å²) in [6, 6.07) is 3.87. The molecule has 0 bridgehead atoms. The number of rotatable bonds is 6. The van der Waals surface area contributed by atoms with Crippen molar-refractivity contribution in [3.63, 3.8) is 0 Å². The van der Waals surface area contributed by atoms with Gasteiger partial charge >= 0.3 is 11.9 Å². The Morgan fingerprint density at radius 2 is 1.56 bits per heavy atom. The Bertz CT molecular complexity index is 836. The summed E-state index contributed by atoms with van der Waals surface area (Å²) in [5.41, 5.74) is 1.57. The summed E-state index contributed by atoms with van der Waals surface area (Å²) in [6.45, 7) is 18.1. The average molecular weight is 447 g/mol. The molecule has 1 aliphatic heterocycles. The molecule has 3 atom stereocenters. The molecule has 0 aliphatic carbocycles. The van der Waals surface area contributed by atoms with E-state index in [-0.39, 0.29) is 28.5 Å². The molecule has 1 aliphatic rings. The van der Waals surface area contributed by atoms with E-state index in [1.807, 2.05) is 12.1 Å². The minimum atomic E-state index is -0.506. The van der Waals surface area contributed by atoms with E-state index in [1.54, 1.807) is 14.0 Å². The number of ether oxygens (including phenoxy) is 4. The van der Waals surface area contributed by atoms with Crippen LogP contribution in [0.3, 0.4) is 0 Å². The molecule has 32 heavy (non-hydrogen) atoms. The lowest BCUT2D eigenvalue weighted by Crippen LogP contribution is -2.32. The average Bonchev–Trinajstić information content (AvgIpc) is 3.20. The summed E-state index contributed by atoms with van der Waals surface area (Å²) in [5.74, 6) is -0.0467. The second kappa shape index (κ2) is 9.65. The number of methoxy groups -OCH3 is 2. The van der Waals surface area contributed by atoms with Crippen LogP contribution in [0.5, 0.6) is 11.5 Å². The van der Waals surface area contributed by atoms with E-state index in [0.717, 1.165) is 16.9 Å². The van der Waals surface area contributed by atoms with Crippen LogP contribution in [-0.4, -0.2) is 38.4 Å². The van der Waals surface area contributed by atoms with Crippen molar-refractivity contribution < 1.29 is 28.5 Å². The minimum Gasteiger partial charge on any atom is -0.497 e. The van der Waals surface area contributed by atoms with E-state index in [1.165, 1.54) is 7.11 Å². The van der Waals surface area contributed by atoms with E-state index in [2.05, 4.69) is 48.1 Å². The standard InChI is InChI=1S/C26H38O6/c1-15(23(27)30-10)20-11-12-21(31-20)16(2)24(28)32-22-18(25(3,4)5)13-17(29-9)14-19(22)26(6,7)8/h13-14,16,20-21H,1,11-12H2,2-10H3/t16-,20+,21-/m1/s1. The van der Waals surface area contributed by atoms with Crippen molar-refractivity contribution in [2.24, 2.45) is 5.92 Å². The van der Waals surface area contributed by atoms with Gasteiger partial charge in [-0.15, -0.1) is 0 Å². The highest BCUT2D eigenvalue weighted by molar-refractivity contribution is 5.88. The van der Waals surface area contributed by atoms with E-state index in [9.17, 15) is 9.59 Å². The zero-order chi connectivity index (χ0) is 24.4. The summed E-state index contributed by atoms with van der Waals surface area (Å²) in [7, 11) is 2.95. The fourth-order valence-corrected chi connectivity index (χ4v) is 3.84. The SMILES string of the molecule is C=C(C(=O)OC)[C@@H]1CC[C@H]([C@@H](C)C(=O)Oc2c(C(C)(C)C)cc(OC)cc2C(C)(C)C)O1. The summed E-state index contributed by atoms with van der Waals surface area (Å²) in [4.78, 5) is 25.0. The van der Waals surface area contributed by atoms with Gasteiger partial charge in [0.2, 0.25) is 0 Å². The molecule has 2 rings (SSSR count). The van der Waals surface area contributed by atoms with Crippen LogP contribution in [0, 0.1) is 5.92 Å². The maximum atomic E-state index is 13.2. The molecule has 1 aromatic rings. The molecule has 0 amide bonds. The van der Waals surface area contributed by atoms with Crippen LogP contribution in [-0.2, 0) is 29.9 Å². The number of carbonyl (C=O) groups excluding carboxylic acids is 2. The zero-order valence-corrected chi connectivity index (χ0v) is 21.0. The predicted molar refractivity (Wildman–Crippen MR) is 124 cm³/mol. The second-order valence-electron chi connectivity index (χ2n) is 10.5. The highest BCUT2D eigenvalue weighted by Crippen LogP contribution is 2.43. The summed E-state index contributed by atoms with van der Waals surface area (Å²) in [6.07, 6.45) is 0.444. The van der Waals surface area contributed by atoms with Gasteiger partial charge in [-0.05, 0) is 42.7 Å². The van der Waals surface area contributed by atoms with E-state index in [4.69, 9.17) is 18.9 Å². The maximum absolute atomic E-state index is 13.2. The Hall–Kier alpha value is -2.34. The Morgan fingerprint density at radius 1 is 1.03 bits per heavy atom. The molecular formula is C26H38O6. The maximum Gasteiger partial charge on any atom is 0.335 e. The summed E-state index contributed by atoms with van der Waals surface area (Å²) in [5, 5.41) is 0. The molecule has 1 aromatic carbocycles. The summed E-state index contributed by atoms with van der Waals surface area (Å²) >= 11 is 0. The van der Waals surface area contributed by atoms with Gasteiger partial charge in [-0.2, -0.15) is 0 Å². The van der Waals surface area contributed by atoms with Gasteiger partial charge in [-0.1, -0.05) is 48.1 Å². The van der Waals surface area contributed by atoms with E-state index >= 15 is 0 Å². The molecule has 178 valence electrons. The monoisotopic (exact) mass is 446 g/mol. The Labute approximate surface area is 192 Å². The molecule has 0 unspecified atom stereocenters. The first-order valence-electron chi connectivity index (χ1n) is 11.1. The lowest BCUT2D eigenvalue weighted by molar-refractivity contribution is -0.143. The van der Waals surface area contributed by atoms with Gasteiger partial charge in [-0.3, -0.25) is 4.79 Å². The van der Waals surface area contributed by atoms with Crippen LogP contribution in [0.4, 0.5) is 0 Å². The third-order valence-electron chi connectivity index (χ3n) is 5.93. The van der Waals surface area contributed by atoms with Gasteiger partial charge in [0.05, 0.1) is 37.9 Å². The van der Waals surface area contributed by atoms with Crippen LogP contribution in [0.25, 0.3) is 0 Å². The third kappa shape index (κ3) is 5.71. The lowest BCUT2D eigenvalue weighted by atomic mass is 9.79. The van der Waals surface area contributed by atoms with Gasteiger partial charge in [0.1, 0.15) is 11.5 Å². The van der Waals surface area contributed by atoms with Gasteiger partial charge in [-0.25, -0.2) is 4.79 Å². The van der Waals surface area contributed by atoms with Gasteiger partial charge in [0.15, 0.2) is 0 Å². The van der Waals surface area contributed by atoms with Gasteiger partial charge < -0.3 is 18.9 Å². The van der Waals surface area contributed by atoms with Crippen LogP contribution < -0.4 is 9.47 Å². The molecule has 6 heteroatoms. The molecule has 0 saturated carbocycles. The smallest absolute Gasteiger partial charge is 0.335 e. The Kier molecular flexibility index (Phi) is 7.82. The van der Waals surface area contributed by atoms with Crippen molar-refractivity contribution >= 4 is 11.9 Å². The molecule has 0 N–H and O–H groups in total. The normalized spacial score (nSPS) is 19.9. The van der Waals surface area contributed by atoms with Gasteiger partial charge in [0, 0.05) is 11.1 Å². The predicted octanol–water partition coefficient (Wildman–Crippen LogP) is 5.11. The fourth-order valence-electron chi connectivity index (χ4n) is 3.84. The van der Waals surface area contributed by atoms with Crippen molar-refractivity contribution in [1.82, 2.24) is 0 Å². The Balaban J connectivity index is 2.33. The van der Waals surface area contributed by atoms with E-state index in [0.29, 0.717) is 18.6 Å². The van der Waals surface area contributed by atoms with Crippen LogP contribution in [0.15, 0.2) is 24.3 Å². The largest absolute Gasteiger partial charge is 0.497 e. The third-order valence-corrected chi connectivity index (χ3v) is 5.93. The van der Waals surface area contributed by atoms with Gasteiger partial charge in [0.25, 0.3) is 0 Å². The number of carbonyl (C=O) groups is 2. The number of esters is 2. The van der Waals surface area contributed by atoms with Crippen molar-refractivity contribution in [2.45, 2.75) is 84.3 Å². The first-order valence-corrected chi connectivity index (χ1v) is 11.1. The minimum absolute atomic E-state index is 0.263. The fraction of sp³-hybridized carbons (Fsp3) is 0.615. The first-order chi connectivity index (χ1) is 14.7. The van der Waals surface area contributed by atoms with Crippen molar-refractivity contribution in [3.05, 3.63) is 35.4 Å². The number of benzene rings is 1. The van der Waals surface area contributed by atoms with Crippen molar-refractivity contribution in [1.29, 1.82) is 0 Å². The molecule has 1 saturated heterocycles. The number of hydrogen-bond acceptors (Lipinski definition) is 6. The lowest BCUT2D eigenvalue weighted by Gasteiger charge is -2.30. The van der Waals surface area contributed by atoms with Crippen LogP contribution in [0.2, 0.25) is 0 Å². The highest BCUT2D eigenvalue weighted by atomic mass is 16.5.